The largest absolute Gasteiger partial charge is 0.457 e. The first-order valence-electron chi connectivity index (χ1n) is 6.37. The zero-order valence-electron chi connectivity index (χ0n) is 10.8. The minimum atomic E-state index is 0.0532. The van der Waals surface area contributed by atoms with E-state index in [-0.39, 0.29) is 5.91 Å². The number of hydrogen-bond acceptors (Lipinski definition) is 4. The molecule has 1 aliphatic heterocycles. The second-order valence-corrected chi connectivity index (χ2v) is 4.76. The third-order valence-electron chi connectivity index (χ3n) is 3.27. The number of ether oxygens (including phenoxy) is 1. The first kappa shape index (κ1) is 12.3. The summed E-state index contributed by atoms with van der Waals surface area (Å²) in [6.07, 6.45) is 1.23. The van der Waals surface area contributed by atoms with Crippen molar-refractivity contribution in [2.24, 2.45) is 0 Å². The van der Waals surface area contributed by atoms with Gasteiger partial charge in [-0.1, -0.05) is 0 Å². The van der Waals surface area contributed by atoms with Gasteiger partial charge in [0.25, 0.3) is 0 Å². The minimum Gasteiger partial charge on any atom is -0.457 e. The molecule has 102 valence electrons. The number of hydrogen-bond donors (Lipinski definition) is 3. The Bertz CT molecular complexity index is 683. The Kier molecular flexibility index (Phi) is 2.95. The van der Waals surface area contributed by atoms with Crippen LogP contribution < -0.4 is 21.5 Å². The quantitative estimate of drug-likeness (QED) is 0.731. The standard InChI is InChI=1S/C15H15N3O2/c16-12-4-2-11(8-13(12)17)20-10-3-5-14-9(7-10)1-6-15(19)18-14/h2-5,7-8H,1,6,16-17H2,(H,18,19). The first-order valence-corrected chi connectivity index (χ1v) is 6.37. The molecule has 1 aliphatic rings. The van der Waals surface area contributed by atoms with Crippen LogP contribution in [0.1, 0.15) is 12.0 Å². The Hall–Kier alpha value is -2.69. The Morgan fingerprint density at radius 2 is 1.70 bits per heavy atom. The minimum absolute atomic E-state index is 0.0532. The van der Waals surface area contributed by atoms with E-state index in [1.54, 1.807) is 18.2 Å². The molecule has 20 heavy (non-hydrogen) atoms. The number of carbonyl (C=O) groups excluding carboxylic acids is 1. The van der Waals surface area contributed by atoms with Gasteiger partial charge < -0.3 is 21.5 Å². The third-order valence-corrected chi connectivity index (χ3v) is 3.27. The number of aryl methyl sites for hydroxylation is 1. The highest BCUT2D eigenvalue weighted by Crippen LogP contribution is 2.31. The summed E-state index contributed by atoms with van der Waals surface area (Å²) in [5.41, 5.74) is 14.4. The van der Waals surface area contributed by atoms with Crippen molar-refractivity contribution in [1.82, 2.24) is 0 Å². The monoisotopic (exact) mass is 269 g/mol. The number of rotatable bonds is 2. The summed E-state index contributed by atoms with van der Waals surface area (Å²) in [4.78, 5) is 11.3. The van der Waals surface area contributed by atoms with Gasteiger partial charge in [0.1, 0.15) is 11.5 Å². The Balaban J connectivity index is 1.84. The van der Waals surface area contributed by atoms with E-state index in [9.17, 15) is 4.79 Å². The van der Waals surface area contributed by atoms with Gasteiger partial charge in [0.15, 0.2) is 0 Å². The second kappa shape index (κ2) is 4.77. The molecule has 0 aliphatic carbocycles. The second-order valence-electron chi connectivity index (χ2n) is 4.76. The predicted octanol–water partition coefficient (Wildman–Crippen LogP) is 2.53. The van der Waals surface area contributed by atoms with Crippen LogP contribution >= 0.6 is 0 Å². The average Bonchev–Trinajstić information content (AvgIpc) is 2.43. The summed E-state index contributed by atoms with van der Waals surface area (Å²) in [5, 5.41) is 2.84. The molecule has 0 saturated carbocycles. The summed E-state index contributed by atoms with van der Waals surface area (Å²) < 4.78 is 5.76. The highest BCUT2D eigenvalue weighted by Gasteiger charge is 2.15. The van der Waals surface area contributed by atoms with Gasteiger partial charge in [-0.3, -0.25) is 4.79 Å². The van der Waals surface area contributed by atoms with Crippen LogP contribution in [0.4, 0.5) is 17.1 Å². The van der Waals surface area contributed by atoms with E-state index in [0.717, 1.165) is 17.7 Å². The fourth-order valence-corrected chi connectivity index (χ4v) is 2.18. The SMILES string of the molecule is Nc1ccc(Oc2ccc3c(c2)CCC(=O)N3)cc1N. The maximum Gasteiger partial charge on any atom is 0.224 e. The summed E-state index contributed by atoms with van der Waals surface area (Å²) >= 11 is 0. The lowest BCUT2D eigenvalue weighted by molar-refractivity contribution is -0.116. The van der Waals surface area contributed by atoms with Crippen LogP contribution in [0.25, 0.3) is 0 Å². The maximum absolute atomic E-state index is 11.3. The Labute approximate surface area is 116 Å². The van der Waals surface area contributed by atoms with Crippen LogP contribution in [0.15, 0.2) is 36.4 Å². The number of amides is 1. The van der Waals surface area contributed by atoms with Gasteiger partial charge in [-0.15, -0.1) is 0 Å². The van der Waals surface area contributed by atoms with Crippen molar-refractivity contribution in [1.29, 1.82) is 0 Å². The van der Waals surface area contributed by atoms with Crippen LogP contribution in [-0.2, 0) is 11.2 Å². The predicted molar refractivity (Wildman–Crippen MR) is 78.7 cm³/mol. The van der Waals surface area contributed by atoms with Gasteiger partial charge in [-0.05, 0) is 42.3 Å². The van der Waals surface area contributed by atoms with E-state index in [2.05, 4.69) is 5.32 Å². The summed E-state index contributed by atoms with van der Waals surface area (Å²) in [5.74, 6) is 1.40. The number of nitrogen functional groups attached to an aromatic ring is 2. The fourth-order valence-electron chi connectivity index (χ4n) is 2.18. The summed E-state index contributed by atoms with van der Waals surface area (Å²) in [7, 11) is 0. The van der Waals surface area contributed by atoms with Crippen LogP contribution in [0.3, 0.4) is 0 Å². The Morgan fingerprint density at radius 3 is 2.50 bits per heavy atom. The summed E-state index contributed by atoms with van der Waals surface area (Å²) in [6, 6.07) is 10.8. The maximum atomic E-state index is 11.3. The van der Waals surface area contributed by atoms with Gasteiger partial charge in [0.05, 0.1) is 11.4 Å². The van der Waals surface area contributed by atoms with E-state index in [1.165, 1.54) is 0 Å². The van der Waals surface area contributed by atoms with Crippen LogP contribution in [0.2, 0.25) is 0 Å². The Morgan fingerprint density at radius 1 is 0.950 bits per heavy atom. The van der Waals surface area contributed by atoms with Crippen molar-refractivity contribution >= 4 is 23.0 Å². The molecule has 0 atom stereocenters. The first-order chi connectivity index (χ1) is 9.61. The average molecular weight is 269 g/mol. The molecule has 0 spiro atoms. The molecule has 0 aromatic heterocycles. The van der Waals surface area contributed by atoms with Gasteiger partial charge >= 0.3 is 0 Å². The molecule has 5 N–H and O–H groups in total. The van der Waals surface area contributed by atoms with Crippen LogP contribution in [0.5, 0.6) is 11.5 Å². The number of benzene rings is 2. The van der Waals surface area contributed by atoms with Crippen molar-refractivity contribution in [3.8, 4) is 11.5 Å². The van der Waals surface area contributed by atoms with E-state index in [4.69, 9.17) is 16.2 Å². The van der Waals surface area contributed by atoms with E-state index >= 15 is 0 Å². The molecule has 0 radical (unpaired) electrons. The number of nitrogens with two attached hydrogens (primary N) is 2. The molecule has 0 bridgehead atoms. The molecule has 0 unspecified atom stereocenters. The number of carbonyl (C=O) groups is 1. The normalized spacial score (nSPS) is 13.5. The lowest BCUT2D eigenvalue weighted by Gasteiger charge is -2.17. The smallest absolute Gasteiger partial charge is 0.224 e. The number of nitrogens with one attached hydrogen (secondary N) is 1. The van der Waals surface area contributed by atoms with E-state index in [0.29, 0.717) is 29.3 Å². The van der Waals surface area contributed by atoms with E-state index in [1.807, 2.05) is 18.2 Å². The molecule has 3 rings (SSSR count). The van der Waals surface area contributed by atoms with Crippen molar-refractivity contribution in [2.45, 2.75) is 12.8 Å². The van der Waals surface area contributed by atoms with Gasteiger partial charge in [-0.2, -0.15) is 0 Å². The van der Waals surface area contributed by atoms with Crippen molar-refractivity contribution < 1.29 is 9.53 Å². The zero-order chi connectivity index (χ0) is 14.1. The molecular weight excluding hydrogens is 254 g/mol. The van der Waals surface area contributed by atoms with Crippen LogP contribution in [0, 0.1) is 0 Å². The van der Waals surface area contributed by atoms with Gasteiger partial charge in [0, 0.05) is 18.2 Å². The van der Waals surface area contributed by atoms with E-state index < -0.39 is 0 Å². The molecule has 5 heteroatoms. The molecule has 1 heterocycles. The topological polar surface area (TPSA) is 90.4 Å². The summed E-state index contributed by atoms with van der Waals surface area (Å²) in [6.45, 7) is 0. The molecule has 2 aromatic carbocycles. The number of fused-ring (bicyclic) bond motifs is 1. The molecule has 0 fully saturated rings. The molecule has 0 saturated heterocycles. The molecular formula is C15H15N3O2. The van der Waals surface area contributed by atoms with Crippen molar-refractivity contribution in [2.75, 3.05) is 16.8 Å². The van der Waals surface area contributed by atoms with Crippen molar-refractivity contribution in [3.05, 3.63) is 42.0 Å². The molecule has 5 nitrogen and oxygen atoms in total. The fraction of sp³-hybridized carbons (Fsp3) is 0.133. The highest BCUT2D eigenvalue weighted by atomic mass is 16.5. The van der Waals surface area contributed by atoms with Gasteiger partial charge in [-0.25, -0.2) is 0 Å². The molecule has 1 amide bonds. The van der Waals surface area contributed by atoms with Gasteiger partial charge in [0.2, 0.25) is 5.91 Å². The third kappa shape index (κ3) is 2.38. The number of anilines is 3. The van der Waals surface area contributed by atoms with Crippen LogP contribution in [-0.4, -0.2) is 5.91 Å². The van der Waals surface area contributed by atoms with Crippen molar-refractivity contribution in [3.63, 3.8) is 0 Å². The lowest BCUT2D eigenvalue weighted by Crippen LogP contribution is -2.18. The molecule has 2 aromatic rings. The highest BCUT2D eigenvalue weighted by molar-refractivity contribution is 5.94. The lowest BCUT2D eigenvalue weighted by atomic mass is 10.0. The zero-order valence-corrected chi connectivity index (χ0v) is 10.8.